The van der Waals surface area contributed by atoms with Crippen LogP contribution in [0.25, 0.3) is 0 Å². The lowest BCUT2D eigenvalue weighted by atomic mass is 10.2. The second-order valence-corrected chi connectivity index (χ2v) is 3.63. The number of rotatable bonds is 5. The van der Waals surface area contributed by atoms with E-state index in [1.165, 1.54) is 13.2 Å². The molecule has 1 rings (SSSR count). The van der Waals surface area contributed by atoms with E-state index in [1.807, 2.05) is 0 Å². The Balaban J connectivity index is 2.66. The lowest BCUT2D eigenvalue weighted by Crippen LogP contribution is -2.21. The van der Waals surface area contributed by atoms with Crippen molar-refractivity contribution in [2.24, 2.45) is 5.92 Å². The Hall–Kier alpha value is -2.11. The van der Waals surface area contributed by atoms with Gasteiger partial charge in [0.2, 0.25) is 0 Å². The number of nitrogens with zero attached hydrogens (tertiary/aromatic N) is 1. The van der Waals surface area contributed by atoms with Gasteiger partial charge in [0.25, 0.3) is 5.91 Å². The molecule has 0 aliphatic rings. The molecule has 0 aromatic carbocycles. The molecule has 1 amide bonds. The molecule has 17 heavy (non-hydrogen) atoms. The Labute approximate surface area is 99.1 Å². The van der Waals surface area contributed by atoms with Crippen LogP contribution in [-0.2, 0) is 4.79 Å². The van der Waals surface area contributed by atoms with E-state index in [2.05, 4.69) is 15.6 Å². The molecule has 6 nitrogen and oxygen atoms in total. The SMILES string of the molecule is CNC(=O)c1cc(NCC(C)C(=O)O)ccn1. The summed E-state index contributed by atoms with van der Waals surface area (Å²) in [6.07, 6.45) is 1.50. The molecular formula is C11H15N3O3. The van der Waals surface area contributed by atoms with Crippen molar-refractivity contribution in [1.29, 1.82) is 0 Å². The van der Waals surface area contributed by atoms with Crippen molar-refractivity contribution in [1.82, 2.24) is 10.3 Å². The van der Waals surface area contributed by atoms with Crippen LogP contribution < -0.4 is 10.6 Å². The van der Waals surface area contributed by atoms with Gasteiger partial charge in [-0.15, -0.1) is 0 Å². The van der Waals surface area contributed by atoms with Gasteiger partial charge >= 0.3 is 5.97 Å². The highest BCUT2D eigenvalue weighted by molar-refractivity contribution is 5.92. The average molecular weight is 237 g/mol. The van der Waals surface area contributed by atoms with Crippen LogP contribution >= 0.6 is 0 Å². The van der Waals surface area contributed by atoms with Crippen LogP contribution in [0.2, 0.25) is 0 Å². The highest BCUT2D eigenvalue weighted by Gasteiger charge is 2.11. The van der Waals surface area contributed by atoms with E-state index in [4.69, 9.17) is 5.11 Å². The summed E-state index contributed by atoms with van der Waals surface area (Å²) in [7, 11) is 1.52. The smallest absolute Gasteiger partial charge is 0.308 e. The van der Waals surface area contributed by atoms with Crippen LogP contribution in [0.3, 0.4) is 0 Å². The molecule has 6 heteroatoms. The highest BCUT2D eigenvalue weighted by Crippen LogP contribution is 2.09. The molecule has 1 heterocycles. The van der Waals surface area contributed by atoms with Crippen molar-refractivity contribution in [3.63, 3.8) is 0 Å². The first-order valence-corrected chi connectivity index (χ1v) is 5.19. The number of carboxylic acid groups (broad SMARTS) is 1. The topological polar surface area (TPSA) is 91.3 Å². The molecule has 0 spiro atoms. The van der Waals surface area contributed by atoms with Crippen molar-refractivity contribution in [2.45, 2.75) is 6.92 Å². The van der Waals surface area contributed by atoms with Crippen LogP contribution in [0.1, 0.15) is 17.4 Å². The summed E-state index contributed by atoms with van der Waals surface area (Å²) in [6, 6.07) is 3.26. The predicted octanol–water partition coefficient (Wildman–Crippen LogP) is 0.574. The van der Waals surface area contributed by atoms with Gasteiger partial charge in [0.1, 0.15) is 5.69 Å². The van der Waals surface area contributed by atoms with E-state index in [0.717, 1.165) is 0 Å². The second kappa shape index (κ2) is 5.83. The van der Waals surface area contributed by atoms with Gasteiger partial charge in [0.15, 0.2) is 0 Å². The van der Waals surface area contributed by atoms with Gasteiger partial charge in [0, 0.05) is 25.5 Å². The van der Waals surface area contributed by atoms with E-state index >= 15 is 0 Å². The fraction of sp³-hybridized carbons (Fsp3) is 0.364. The first kappa shape index (κ1) is 13.0. The predicted molar refractivity (Wildman–Crippen MR) is 62.9 cm³/mol. The Morgan fingerprint density at radius 2 is 2.24 bits per heavy atom. The molecule has 92 valence electrons. The second-order valence-electron chi connectivity index (χ2n) is 3.63. The van der Waals surface area contributed by atoms with Gasteiger partial charge < -0.3 is 15.7 Å². The van der Waals surface area contributed by atoms with E-state index in [9.17, 15) is 9.59 Å². The quantitative estimate of drug-likeness (QED) is 0.696. The fourth-order valence-corrected chi connectivity index (χ4v) is 1.15. The lowest BCUT2D eigenvalue weighted by molar-refractivity contribution is -0.140. The molecule has 1 atom stereocenters. The van der Waals surface area contributed by atoms with Crippen LogP contribution in [-0.4, -0.2) is 35.6 Å². The molecule has 0 aliphatic heterocycles. The number of aromatic nitrogens is 1. The summed E-state index contributed by atoms with van der Waals surface area (Å²) < 4.78 is 0. The number of carbonyl (C=O) groups is 2. The number of amides is 1. The maximum Gasteiger partial charge on any atom is 0.308 e. The highest BCUT2D eigenvalue weighted by atomic mass is 16.4. The molecule has 1 aromatic rings. The van der Waals surface area contributed by atoms with E-state index in [-0.39, 0.29) is 5.91 Å². The van der Waals surface area contributed by atoms with Crippen molar-refractivity contribution in [3.05, 3.63) is 24.0 Å². The number of anilines is 1. The van der Waals surface area contributed by atoms with Gasteiger partial charge in [0.05, 0.1) is 5.92 Å². The molecule has 3 N–H and O–H groups in total. The number of carboxylic acids is 1. The van der Waals surface area contributed by atoms with Crippen molar-refractivity contribution < 1.29 is 14.7 Å². The summed E-state index contributed by atoms with van der Waals surface area (Å²) >= 11 is 0. The number of hydrogen-bond donors (Lipinski definition) is 3. The van der Waals surface area contributed by atoms with Crippen LogP contribution in [0.5, 0.6) is 0 Å². The number of carbonyl (C=O) groups excluding carboxylic acids is 1. The van der Waals surface area contributed by atoms with Gasteiger partial charge in [-0.3, -0.25) is 14.6 Å². The third-order valence-corrected chi connectivity index (χ3v) is 2.25. The number of aliphatic carboxylic acids is 1. The minimum atomic E-state index is -0.863. The van der Waals surface area contributed by atoms with Gasteiger partial charge in [-0.25, -0.2) is 0 Å². The fourth-order valence-electron chi connectivity index (χ4n) is 1.15. The molecule has 0 saturated heterocycles. The molecule has 1 unspecified atom stereocenters. The summed E-state index contributed by atoms with van der Waals surface area (Å²) in [6.45, 7) is 1.91. The molecule has 0 radical (unpaired) electrons. The minimum absolute atomic E-state index is 0.278. The van der Waals surface area contributed by atoms with Crippen LogP contribution in [0, 0.1) is 5.92 Å². The number of pyridine rings is 1. The molecule has 1 aromatic heterocycles. The van der Waals surface area contributed by atoms with E-state index in [0.29, 0.717) is 17.9 Å². The third-order valence-electron chi connectivity index (χ3n) is 2.25. The Morgan fingerprint density at radius 1 is 1.53 bits per heavy atom. The Kier molecular flexibility index (Phi) is 4.45. The van der Waals surface area contributed by atoms with Gasteiger partial charge in [-0.05, 0) is 12.1 Å². The van der Waals surface area contributed by atoms with Crippen LogP contribution in [0.15, 0.2) is 18.3 Å². The molecule has 0 aliphatic carbocycles. The normalized spacial score (nSPS) is 11.6. The third kappa shape index (κ3) is 3.75. The van der Waals surface area contributed by atoms with E-state index in [1.54, 1.807) is 19.1 Å². The van der Waals surface area contributed by atoms with E-state index < -0.39 is 11.9 Å². The number of nitrogens with one attached hydrogen (secondary N) is 2. The zero-order valence-electron chi connectivity index (χ0n) is 9.73. The Bertz CT molecular complexity index is 420. The monoisotopic (exact) mass is 237 g/mol. The maximum absolute atomic E-state index is 11.3. The minimum Gasteiger partial charge on any atom is -0.481 e. The molecular weight excluding hydrogens is 222 g/mol. The number of hydrogen-bond acceptors (Lipinski definition) is 4. The molecule has 0 bridgehead atoms. The standard InChI is InChI=1S/C11H15N3O3/c1-7(11(16)17)6-14-8-3-4-13-9(5-8)10(15)12-2/h3-5,7H,6H2,1-2H3,(H,12,15)(H,13,14)(H,16,17). The van der Waals surface area contributed by atoms with Crippen molar-refractivity contribution in [3.8, 4) is 0 Å². The van der Waals surface area contributed by atoms with Gasteiger partial charge in [-0.1, -0.05) is 6.92 Å². The van der Waals surface area contributed by atoms with Gasteiger partial charge in [-0.2, -0.15) is 0 Å². The summed E-state index contributed by atoms with van der Waals surface area (Å²) in [5.41, 5.74) is 0.965. The molecule has 0 fully saturated rings. The van der Waals surface area contributed by atoms with Crippen molar-refractivity contribution >= 4 is 17.6 Å². The first-order chi connectivity index (χ1) is 8.04. The molecule has 0 saturated carbocycles. The summed E-state index contributed by atoms with van der Waals surface area (Å²) in [4.78, 5) is 25.8. The summed E-state index contributed by atoms with van der Waals surface area (Å²) in [5.74, 6) is -1.63. The Morgan fingerprint density at radius 3 is 2.82 bits per heavy atom. The average Bonchev–Trinajstić information content (AvgIpc) is 2.35. The zero-order chi connectivity index (χ0) is 12.8. The largest absolute Gasteiger partial charge is 0.481 e. The summed E-state index contributed by atoms with van der Waals surface area (Å²) in [5, 5.41) is 14.1. The first-order valence-electron chi connectivity index (χ1n) is 5.19. The lowest BCUT2D eigenvalue weighted by Gasteiger charge is -2.10. The maximum atomic E-state index is 11.3. The zero-order valence-corrected chi connectivity index (χ0v) is 9.73. The van der Waals surface area contributed by atoms with Crippen LogP contribution in [0.4, 0.5) is 5.69 Å². The van der Waals surface area contributed by atoms with Crippen molar-refractivity contribution in [2.75, 3.05) is 18.9 Å².